The molecule has 0 bridgehead atoms. The van der Waals surface area contributed by atoms with Gasteiger partial charge in [0, 0.05) is 13.1 Å². The maximum absolute atomic E-state index is 12.0. The maximum Gasteiger partial charge on any atom is 0.312 e. The van der Waals surface area contributed by atoms with E-state index in [-0.39, 0.29) is 24.8 Å². The number of oxime groups is 1. The Hall–Kier alpha value is -1.99. The minimum atomic E-state index is -1.03. The number of carbonyl (C=O) groups excluding carboxylic acids is 2. The third-order valence-electron chi connectivity index (χ3n) is 2.95. The van der Waals surface area contributed by atoms with Crippen molar-refractivity contribution in [1.29, 1.82) is 0 Å². The molecule has 0 atom stereocenters. The van der Waals surface area contributed by atoms with E-state index in [0.717, 1.165) is 0 Å². The predicted molar refractivity (Wildman–Crippen MR) is 67.0 cm³/mol. The highest BCUT2D eigenvalue weighted by Crippen LogP contribution is 2.26. The van der Waals surface area contributed by atoms with E-state index in [1.807, 2.05) is 0 Å². The molecule has 0 unspecified atom stereocenters. The third kappa shape index (κ3) is 3.79. The fraction of sp³-hybridized carbons (Fsp3) is 0.700. The molecule has 104 valence electrons. The van der Waals surface area contributed by atoms with Gasteiger partial charge >= 0.3 is 6.03 Å². The molecule has 0 aliphatic heterocycles. The first-order valence-corrected chi connectivity index (χ1v) is 5.74. The van der Waals surface area contributed by atoms with Crippen LogP contribution in [0.15, 0.2) is 5.16 Å². The number of hydrogen-bond donors (Lipinski definition) is 5. The summed E-state index contributed by atoms with van der Waals surface area (Å²) in [5.74, 6) is -0.457. The molecule has 0 aromatic heterocycles. The second-order valence-electron chi connectivity index (χ2n) is 3.82. The van der Waals surface area contributed by atoms with Crippen LogP contribution in [0.3, 0.4) is 0 Å². The lowest BCUT2D eigenvalue weighted by Crippen LogP contribution is -2.50. The summed E-state index contributed by atoms with van der Waals surface area (Å²) in [6.07, 6.45) is 0.822. The number of nitrogens with zero attached hydrogens (tertiary/aromatic N) is 1. The molecule has 0 aromatic rings. The summed E-state index contributed by atoms with van der Waals surface area (Å²) in [7, 11) is 0. The van der Waals surface area contributed by atoms with E-state index in [2.05, 4.69) is 15.8 Å². The Balaban J connectivity index is 4.55. The Kier molecular flexibility index (Phi) is 6.54. The first kappa shape index (κ1) is 16.0. The summed E-state index contributed by atoms with van der Waals surface area (Å²) in [4.78, 5) is 22.5. The molecule has 8 heteroatoms. The maximum atomic E-state index is 12.0. The van der Waals surface area contributed by atoms with Crippen LogP contribution in [0.4, 0.5) is 4.79 Å². The van der Waals surface area contributed by atoms with E-state index in [4.69, 9.17) is 16.7 Å². The molecule has 8 nitrogen and oxygen atoms in total. The molecule has 0 radical (unpaired) electrons. The van der Waals surface area contributed by atoms with Gasteiger partial charge in [-0.1, -0.05) is 19.0 Å². The van der Waals surface area contributed by atoms with Gasteiger partial charge in [0.15, 0.2) is 5.84 Å². The molecule has 18 heavy (non-hydrogen) atoms. The Labute approximate surface area is 106 Å². The van der Waals surface area contributed by atoms with Gasteiger partial charge in [-0.05, 0) is 12.8 Å². The van der Waals surface area contributed by atoms with Gasteiger partial charge in [-0.3, -0.25) is 4.79 Å². The van der Waals surface area contributed by atoms with Crippen molar-refractivity contribution in [3.05, 3.63) is 0 Å². The summed E-state index contributed by atoms with van der Waals surface area (Å²) < 4.78 is 0. The number of rotatable bonds is 7. The molecule has 0 spiro atoms. The SMILES string of the molecule is CCC(CC)(C(=O)NCCNC(N)=O)C(N)=NO. The van der Waals surface area contributed by atoms with Gasteiger partial charge in [-0.15, -0.1) is 0 Å². The first-order chi connectivity index (χ1) is 8.44. The number of primary amides is 1. The minimum absolute atomic E-state index is 0.118. The number of nitrogens with one attached hydrogen (secondary N) is 2. The Morgan fingerprint density at radius 3 is 2.06 bits per heavy atom. The van der Waals surface area contributed by atoms with E-state index in [0.29, 0.717) is 12.8 Å². The molecule has 0 saturated carbocycles. The fourth-order valence-electron chi connectivity index (χ4n) is 1.68. The van der Waals surface area contributed by atoms with Crippen LogP contribution in [0.2, 0.25) is 0 Å². The number of amidine groups is 1. The average molecular weight is 259 g/mol. The lowest BCUT2D eigenvalue weighted by molar-refractivity contribution is -0.127. The topological polar surface area (TPSA) is 143 Å². The smallest absolute Gasteiger partial charge is 0.312 e. The molecule has 0 saturated heterocycles. The standard InChI is InChI=1S/C10H21N5O3/c1-3-10(4-2,7(11)15-18)8(16)13-5-6-14-9(12)17/h18H,3-6H2,1-2H3,(H2,11,15)(H,13,16)(H3,12,14,17). The molecule has 0 fully saturated rings. The summed E-state index contributed by atoms with van der Waals surface area (Å²) in [5.41, 5.74) is 9.43. The highest BCUT2D eigenvalue weighted by Gasteiger charge is 2.39. The highest BCUT2D eigenvalue weighted by atomic mass is 16.4. The number of hydrogen-bond acceptors (Lipinski definition) is 4. The zero-order valence-electron chi connectivity index (χ0n) is 10.7. The van der Waals surface area contributed by atoms with Gasteiger partial charge in [0.2, 0.25) is 5.91 Å². The van der Waals surface area contributed by atoms with Crippen LogP contribution in [0.25, 0.3) is 0 Å². The normalized spacial score (nSPS) is 12.0. The van der Waals surface area contributed by atoms with E-state index in [1.165, 1.54) is 0 Å². The first-order valence-electron chi connectivity index (χ1n) is 5.74. The molecule has 0 aliphatic rings. The van der Waals surface area contributed by atoms with Crippen LogP contribution in [-0.4, -0.2) is 36.1 Å². The van der Waals surface area contributed by atoms with Gasteiger partial charge in [0.25, 0.3) is 0 Å². The molecular weight excluding hydrogens is 238 g/mol. The monoisotopic (exact) mass is 259 g/mol. The number of urea groups is 1. The summed E-state index contributed by atoms with van der Waals surface area (Å²) in [5, 5.41) is 16.6. The van der Waals surface area contributed by atoms with Crippen LogP contribution < -0.4 is 22.1 Å². The quantitative estimate of drug-likeness (QED) is 0.136. The Bertz CT molecular complexity index is 325. The van der Waals surface area contributed by atoms with Crippen molar-refractivity contribution in [2.45, 2.75) is 26.7 Å². The lowest BCUT2D eigenvalue weighted by Gasteiger charge is -2.28. The van der Waals surface area contributed by atoms with Gasteiger partial charge in [0.05, 0.1) is 0 Å². The van der Waals surface area contributed by atoms with E-state index < -0.39 is 11.4 Å². The fourth-order valence-corrected chi connectivity index (χ4v) is 1.68. The Morgan fingerprint density at radius 2 is 1.67 bits per heavy atom. The number of nitrogens with two attached hydrogens (primary N) is 2. The van der Waals surface area contributed by atoms with Crippen molar-refractivity contribution < 1.29 is 14.8 Å². The number of amides is 3. The molecule has 0 aromatic carbocycles. The molecule has 0 rings (SSSR count). The van der Waals surface area contributed by atoms with E-state index >= 15 is 0 Å². The van der Waals surface area contributed by atoms with Crippen molar-refractivity contribution in [1.82, 2.24) is 10.6 Å². The number of carbonyl (C=O) groups is 2. The second kappa shape index (κ2) is 7.36. The van der Waals surface area contributed by atoms with Crippen molar-refractivity contribution >= 4 is 17.8 Å². The van der Waals surface area contributed by atoms with Gasteiger partial charge in [-0.2, -0.15) is 0 Å². The molecule has 3 amide bonds. The zero-order valence-corrected chi connectivity index (χ0v) is 10.7. The van der Waals surface area contributed by atoms with Gasteiger partial charge in [-0.25, -0.2) is 4.79 Å². The molecule has 0 heterocycles. The zero-order chi connectivity index (χ0) is 14.2. The highest BCUT2D eigenvalue weighted by molar-refractivity contribution is 6.06. The van der Waals surface area contributed by atoms with E-state index in [1.54, 1.807) is 13.8 Å². The van der Waals surface area contributed by atoms with Crippen molar-refractivity contribution in [3.8, 4) is 0 Å². The summed E-state index contributed by atoms with van der Waals surface area (Å²) >= 11 is 0. The minimum Gasteiger partial charge on any atom is -0.409 e. The van der Waals surface area contributed by atoms with Crippen LogP contribution in [0.5, 0.6) is 0 Å². The summed E-state index contributed by atoms with van der Waals surface area (Å²) in [6.45, 7) is 4.01. The second-order valence-corrected chi connectivity index (χ2v) is 3.82. The average Bonchev–Trinajstić information content (AvgIpc) is 2.36. The van der Waals surface area contributed by atoms with Crippen LogP contribution in [0.1, 0.15) is 26.7 Å². The molecule has 7 N–H and O–H groups in total. The van der Waals surface area contributed by atoms with Crippen LogP contribution in [-0.2, 0) is 4.79 Å². The Morgan fingerprint density at radius 1 is 1.17 bits per heavy atom. The molecule has 0 aliphatic carbocycles. The molecular formula is C10H21N5O3. The van der Waals surface area contributed by atoms with Crippen LogP contribution >= 0.6 is 0 Å². The largest absolute Gasteiger partial charge is 0.409 e. The van der Waals surface area contributed by atoms with Crippen molar-refractivity contribution in [2.75, 3.05) is 13.1 Å². The van der Waals surface area contributed by atoms with E-state index in [9.17, 15) is 9.59 Å². The lowest BCUT2D eigenvalue weighted by atomic mass is 9.80. The van der Waals surface area contributed by atoms with Crippen molar-refractivity contribution in [2.24, 2.45) is 22.0 Å². The summed E-state index contributed by atoms with van der Waals surface area (Å²) in [6, 6.07) is -0.655. The predicted octanol–water partition coefficient (Wildman–Crippen LogP) is -0.676. The van der Waals surface area contributed by atoms with Crippen molar-refractivity contribution in [3.63, 3.8) is 0 Å². The van der Waals surface area contributed by atoms with Gasteiger partial charge < -0.3 is 27.3 Å². The third-order valence-corrected chi connectivity index (χ3v) is 2.95. The van der Waals surface area contributed by atoms with Crippen LogP contribution in [0, 0.1) is 5.41 Å². The van der Waals surface area contributed by atoms with Gasteiger partial charge in [0.1, 0.15) is 5.41 Å².